The van der Waals surface area contributed by atoms with Crippen LogP contribution in [0.1, 0.15) is 16.8 Å². The number of hydrogen-bond acceptors (Lipinski definition) is 6. The number of amides is 1. The maximum Gasteiger partial charge on any atom is 0.414 e. The van der Waals surface area contributed by atoms with Crippen molar-refractivity contribution in [1.82, 2.24) is 0 Å². The van der Waals surface area contributed by atoms with E-state index in [0.717, 1.165) is 6.42 Å². The van der Waals surface area contributed by atoms with Crippen LogP contribution in [0.5, 0.6) is 17.2 Å². The molecule has 0 unspecified atom stereocenters. The first-order chi connectivity index (χ1) is 13.1. The molecular weight excluding hydrogens is 374 g/mol. The van der Waals surface area contributed by atoms with Gasteiger partial charge in [-0.25, -0.2) is 9.59 Å². The van der Waals surface area contributed by atoms with Gasteiger partial charge in [0.1, 0.15) is 12.4 Å². The maximum absolute atomic E-state index is 12.5. The third-order valence-electron chi connectivity index (χ3n) is 4.16. The Kier molecular flexibility index (Phi) is 4.77. The second-order valence-corrected chi connectivity index (χ2v) is 6.39. The summed E-state index contributed by atoms with van der Waals surface area (Å²) in [7, 11) is 0. The highest BCUT2D eigenvalue weighted by Gasteiger charge is 2.24. The van der Waals surface area contributed by atoms with Crippen molar-refractivity contribution in [3.05, 3.63) is 47.0 Å². The Morgan fingerprint density at radius 1 is 1.04 bits per heavy atom. The topological polar surface area (TPSA) is 74.3 Å². The molecule has 0 N–H and O–H groups in total. The van der Waals surface area contributed by atoms with E-state index in [2.05, 4.69) is 0 Å². The number of benzene rings is 2. The van der Waals surface area contributed by atoms with E-state index in [1.807, 2.05) is 0 Å². The van der Waals surface area contributed by atoms with Gasteiger partial charge < -0.3 is 18.9 Å². The summed E-state index contributed by atoms with van der Waals surface area (Å²) in [5.74, 6) is 0.642. The molecule has 2 heterocycles. The number of rotatable bonds is 3. The molecule has 2 aliphatic rings. The zero-order valence-corrected chi connectivity index (χ0v) is 15.0. The number of carbonyl (C=O) groups excluding carboxylic acids is 2. The van der Waals surface area contributed by atoms with Crippen LogP contribution in [-0.2, 0) is 4.74 Å². The van der Waals surface area contributed by atoms with Crippen molar-refractivity contribution in [2.45, 2.75) is 6.42 Å². The van der Waals surface area contributed by atoms with E-state index < -0.39 is 5.97 Å². The predicted octanol–water partition coefficient (Wildman–Crippen LogP) is 3.68. The highest BCUT2D eigenvalue weighted by Crippen LogP contribution is 2.38. The third-order valence-corrected chi connectivity index (χ3v) is 4.44. The van der Waals surface area contributed by atoms with Gasteiger partial charge in [-0.2, -0.15) is 0 Å². The standard InChI is InChI=1S/C19H16ClNO6/c20-15-10-12(11-16-17(15)25-8-1-7-24-16)18(22)27-14-4-2-13(3-5-14)21-6-9-26-19(21)23/h2-5,10-11H,1,6-9H2. The van der Waals surface area contributed by atoms with Crippen molar-refractivity contribution in [3.63, 3.8) is 0 Å². The SMILES string of the molecule is O=C(Oc1ccc(N2CCOC2=O)cc1)c1cc(Cl)c2c(c1)OCCCO2. The summed E-state index contributed by atoms with van der Waals surface area (Å²) in [5, 5.41) is 0.296. The largest absolute Gasteiger partial charge is 0.489 e. The summed E-state index contributed by atoms with van der Waals surface area (Å²) in [6.45, 7) is 1.85. The number of halogens is 1. The summed E-state index contributed by atoms with van der Waals surface area (Å²) >= 11 is 6.21. The van der Waals surface area contributed by atoms with E-state index >= 15 is 0 Å². The molecule has 27 heavy (non-hydrogen) atoms. The van der Waals surface area contributed by atoms with Crippen LogP contribution >= 0.6 is 11.6 Å². The first-order valence-electron chi connectivity index (χ1n) is 8.47. The molecule has 8 heteroatoms. The number of anilines is 1. The van der Waals surface area contributed by atoms with E-state index in [9.17, 15) is 9.59 Å². The fourth-order valence-corrected chi connectivity index (χ4v) is 3.10. The molecule has 0 aromatic heterocycles. The second kappa shape index (κ2) is 7.36. The van der Waals surface area contributed by atoms with Crippen LogP contribution < -0.4 is 19.1 Å². The summed E-state index contributed by atoms with van der Waals surface area (Å²) in [5.41, 5.74) is 0.937. The Morgan fingerprint density at radius 2 is 1.81 bits per heavy atom. The molecule has 2 aliphatic heterocycles. The minimum absolute atomic E-state index is 0.261. The molecule has 4 rings (SSSR count). The lowest BCUT2D eigenvalue weighted by Crippen LogP contribution is -2.23. The number of esters is 1. The Bertz CT molecular complexity index is 883. The number of hydrogen-bond donors (Lipinski definition) is 0. The van der Waals surface area contributed by atoms with Gasteiger partial charge in [0.25, 0.3) is 0 Å². The van der Waals surface area contributed by atoms with E-state index in [1.54, 1.807) is 30.3 Å². The van der Waals surface area contributed by atoms with Crippen molar-refractivity contribution in [2.75, 3.05) is 31.3 Å². The van der Waals surface area contributed by atoms with Crippen molar-refractivity contribution in [1.29, 1.82) is 0 Å². The maximum atomic E-state index is 12.5. The smallest absolute Gasteiger partial charge is 0.414 e. The van der Waals surface area contributed by atoms with Crippen LogP contribution in [0.25, 0.3) is 0 Å². The fraction of sp³-hybridized carbons (Fsp3) is 0.263. The summed E-state index contributed by atoms with van der Waals surface area (Å²) < 4.78 is 21.4. The van der Waals surface area contributed by atoms with Gasteiger partial charge in [0, 0.05) is 12.1 Å². The molecule has 2 aromatic carbocycles. The van der Waals surface area contributed by atoms with Gasteiger partial charge in [-0.15, -0.1) is 0 Å². The first kappa shape index (κ1) is 17.5. The molecular formula is C19H16ClNO6. The highest BCUT2D eigenvalue weighted by molar-refractivity contribution is 6.32. The lowest BCUT2D eigenvalue weighted by Gasteiger charge is -2.13. The zero-order chi connectivity index (χ0) is 18.8. The third kappa shape index (κ3) is 3.64. The van der Waals surface area contributed by atoms with Gasteiger partial charge >= 0.3 is 12.1 Å². The summed E-state index contributed by atoms with van der Waals surface area (Å²) in [4.78, 5) is 25.6. The quantitative estimate of drug-likeness (QED) is 0.589. The molecule has 0 saturated carbocycles. The molecule has 1 saturated heterocycles. The van der Waals surface area contributed by atoms with Crippen LogP contribution in [0, 0.1) is 0 Å². The minimum Gasteiger partial charge on any atom is -0.489 e. The Hall–Kier alpha value is -2.93. The lowest BCUT2D eigenvalue weighted by molar-refractivity contribution is 0.0734. The molecule has 7 nitrogen and oxygen atoms in total. The molecule has 0 spiro atoms. The molecule has 0 bridgehead atoms. The monoisotopic (exact) mass is 389 g/mol. The molecule has 2 aromatic rings. The number of carbonyl (C=O) groups is 2. The lowest BCUT2D eigenvalue weighted by atomic mass is 10.2. The van der Waals surface area contributed by atoms with Gasteiger partial charge in [-0.05, 0) is 36.4 Å². The van der Waals surface area contributed by atoms with Gasteiger partial charge in [0.15, 0.2) is 11.5 Å². The molecule has 0 aliphatic carbocycles. The van der Waals surface area contributed by atoms with Crippen LogP contribution in [0.2, 0.25) is 5.02 Å². The van der Waals surface area contributed by atoms with E-state index in [4.69, 9.17) is 30.5 Å². The number of ether oxygens (including phenoxy) is 4. The number of nitrogens with zero attached hydrogens (tertiary/aromatic N) is 1. The Balaban J connectivity index is 1.50. The van der Waals surface area contributed by atoms with Crippen molar-refractivity contribution in [2.24, 2.45) is 0 Å². The zero-order valence-electron chi connectivity index (χ0n) is 14.3. The summed E-state index contributed by atoms with van der Waals surface area (Å²) in [6.07, 6.45) is 0.350. The average molecular weight is 390 g/mol. The normalized spacial score (nSPS) is 15.9. The Labute approximate surface area is 160 Å². The van der Waals surface area contributed by atoms with Gasteiger partial charge in [0.2, 0.25) is 0 Å². The van der Waals surface area contributed by atoms with E-state index in [0.29, 0.717) is 54.3 Å². The van der Waals surface area contributed by atoms with Crippen LogP contribution in [-0.4, -0.2) is 38.4 Å². The minimum atomic E-state index is -0.569. The van der Waals surface area contributed by atoms with Crippen LogP contribution in [0.15, 0.2) is 36.4 Å². The molecule has 140 valence electrons. The number of cyclic esters (lactones) is 1. The summed E-state index contributed by atoms with van der Waals surface area (Å²) in [6, 6.07) is 9.66. The molecule has 1 amide bonds. The van der Waals surface area contributed by atoms with Crippen LogP contribution in [0.3, 0.4) is 0 Å². The molecule has 0 atom stereocenters. The molecule has 0 radical (unpaired) electrons. The molecule has 1 fully saturated rings. The first-order valence-corrected chi connectivity index (χ1v) is 8.85. The highest BCUT2D eigenvalue weighted by atomic mass is 35.5. The van der Waals surface area contributed by atoms with Gasteiger partial charge in [-0.3, -0.25) is 4.90 Å². The predicted molar refractivity (Wildman–Crippen MR) is 97.2 cm³/mol. The van der Waals surface area contributed by atoms with Crippen molar-refractivity contribution in [3.8, 4) is 17.2 Å². The Morgan fingerprint density at radius 3 is 2.56 bits per heavy atom. The second-order valence-electron chi connectivity index (χ2n) is 5.99. The van der Waals surface area contributed by atoms with Crippen molar-refractivity contribution >= 4 is 29.4 Å². The van der Waals surface area contributed by atoms with Gasteiger partial charge in [0.05, 0.1) is 30.3 Å². The van der Waals surface area contributed by atoms with Crippen LogP contribution in [0.4, 0.5) is 10.5 Å². The van der Waals surface area contributed by atoms with Crippen molar-refractivity contribution < 1.29 is 28.5 Å². The van der Waals surface area contributed by atoms with Gasteiger partial charge in [-0.1, -0.05) is 11.6 Å². The number of fused-ring (bicyclic) bond motifs is 1. The average Bonchev–Trinajstić information content (AvgIpc) is 2.94. The van der Waals surface area contributed by atoms with E-state index in [-0.39, 0.29) is 11.7 Å². The fourth-order valence-electron chi connectivity index (χ4n) is 2.84. The van der Waals surface area contributed by atoms with E-state index in [1.165, 1.54) is 11.0 Å².